The number of halogens is 2. The van der Waals surface area contributed by atoms with Crippen molar-refractivity contribution >= 4 is 38.9 Å². The lowest BCUT2D eigenvalue weighted by atomic mass is 9.86. The summed E-state index contributed by atoms with van der Waals surface area (Å²) in [6, 6.07) is 11.8. The Kier molecular flexibility index (Phi) is 8.69. The summed E-state index contributed by atoms with van der Waals surface area (Å²) in [4.78, 5) is 17.9. The van der Waals surface area contributed by atoms with Gasteiger partial charge in [-0.25, -0.2) is 8.42 Å². The molecule has 1 heterocycles. The van der Waals surface area contributed by atoms with Gasteiger partial charge in [-0.3, -0.25) is 14.6 Å². The Morgan fingerprint density at radius 2 is 1.56 bits per heavy atom. The van der Waals surface area contributed by atoms with Gasteiger partial charge in [0.25, 0.3) is 5.91 Å². The van der Waals surface area contributed by atoms with Crippen LogP contribution < -0.4 is 5.32 Å². The molecule has 2 aromatic rings. The molecule has 0 radical (unpaired) electrons. The third kappa shape index (κ3) is 7.43. The van der Waals surface area contributed by atoms with E-state index in [2.05, 4.69) is 35.9 Å². The van der Waals surface area contributed by atoms with Crippen molar-refractivity contribution in [2.24, 2.45) is 5.41 Å². The van der Waals surface area contributed by atoms with E-state index in [-0.39, 0.29) is 22.3 Å². The SMILES string of the molecule is CC(C)(C)C(CN1CCN(Cc2ccc(Cl)c(Cl)c2)CC1)NC(=O)c1ccc(S(C)(=O)=O)cc1. The van der Waals surface area contributed by atoms with Gasteiger partial charge < -0.3 is 5.32 Å². The zero-order valence-electron chi connectivity index (χ0n) is 20.1. The van der Waals surface area contributed by atoms with Gasteiger partial charge >= 0.3 is 0 Å². The van der Waals surface area contributed by atoms with Crippen LogP contribution in [-0.4, -0.2) is 69.1 Å². The topological polar surface area (TPSA) is 69.7 Å². The molecule has 0 aliphatic carbocycles. The Hall–Kier alpha value is -1.64. The molecule has 0 saturated carbocycles. The van der Waals surface area contributed by atoms with Crippen LogP contribution in [-0.2, 0) is 16.4 Å². The van der Waals surface area contributed by atoms with Crippen molar-refractivity contribution in [2.75, 3.05) is 39.0 Å². The van der Waals surface area contributed by atoms with Crippen molar-refractivity contribution in [2.45, 2.75) is 38.3 Å². The molecule has 6 nitrogen and oxygen atoms in total. The number of rotatable bonds is 7. The molecule has 1 fully saturated rings. The molecule has 0 spiro atoms. The Bertz CT molecular complexity index is 1110. The van der Waals surface area contributed by atoms with Gasteiger partial charge in [0.15, 0.2) is 9.84 Å². The number of amides is 1. The summed E-state index contributed by atoms with van der Waals surface area (Å²) < 4.78 is 23.4. The highest BCUT2D eigenvalue weighted by molar-refractivity contribution is 7.90. The van der Waals surface area contributed by atoms with Gasteiger partial charge in [0, 0.05) is 57.1 Å². The van der Waals surface area contributed by atoms with E-state index < -0.39 is 9.84 Å². The zero-order valence-corrected chi connectivity index (χ0v) is 22.5. The van der Waals surface area contributed by atoms with Crippen LogP contribution in [0.4, 0.5) is 0 Å². The average molecular weight is 527 g/mol. The molecule has 1 saturated heterocycles. The van der Waals surface area contributed by atoms with E-state index in [0.717, 1.165) is 51.1 Å². The van der Waals surface area contributed by atoms with E-state index in [1.165, 1.54) is 12.1 Å². The highest BCUT2D eigenvalue weighted by Gasteiger charge is 2.30. The molecular weight excluding hydrogens is 493 g/mol. The Labute approximate surface area is 213 Å². The molecule has 1 N–H and O–H groups in total. The average Bonchev–Trinajstić information content (AvgIpc) is 2.76. The molecule has 1 atom stereocenters. The van der Waals surface area contributed by atoms with E-state index in [9.17, 15) is 13.2 Å². The number of piperazine rings is 1. The van der Waals surface area contributed by atoms with E-state index >= 15 is 0 Å². The molecular formula is C25H33Cl2N3O3S. The van der Waals surface area contributed by atoms with Crippen molar-refractivity contribution in [3.05, 3.63) is 63.6 Å². The molecule has 34 heavy (non-hydrogen) atoms. The number of hydrogen-bond donors (Lipinski definition) is 1. The maximum atomic E-state index is 12.9. The molecule has 0 aromatic heterocycles. The number of carbonyl (C=O) groups excluding carboxylic acids is 1. The summed E-state index contributed by atoms with van der Waals surface area (Å²) in [5.41, 5.74) is 1.46. The molecule has 1 amide bonds. The molecule has 9 heteroatoms. The molecule has 186 valence electrons. The second kappa shape index (κ2) is 11.0. The lowest BCUT2D eigenvalue weighted by molar-refractivity contribution is 0.0790. The molecule has 3 rings (SSSR count). The fourth-order valence-corrected chi connectivity index (χ4v) is 4.87. The van der Waals surface area contributed by atoms with Crippen LogP contribution in [0, 0.1) is 5.41 Å². The first-order valence-corrected chi connectivity index (χ1v) is 14.0. The number of benzene rings is 2. The predicted octanol–water partition coefficient (Wildman–Crippen LogP) is 4.36. The molecule has 2 aromatic carbocycles. The normalized spacial score (nSPS) is 16.9. The van der Waals surface area contributed by atoms with E-state index in [1.807, 2.05) is 18.2 Å². The monoisotopic (exact) mass is 525 g/mol. The maximum absolute atomic E-state index is 12.9. The van der Waals surface area contributed by atoms with Crippen molar-refractivity contribution < 1.29 is 13.2 Å². The van der Waals surface area contributed by atoms with Gasteiger partial charge in [0.05, 0.1) is 14.9 Å². The summed E-state index contributed by atoms with van der Waals surface area (Å²) in [7, 11) is -3.29. The summed E-state index contributed by atoms with van der Waals surface area (Å²) in [5, 5.41) is 4.31. The number of carbonyl (C=O) groups is 1. The minimum Gasteiger partial charge on any atom is -0.347 e. The van der Waals surface area contributed by atoms with Crippen molar-refractivity contribution in [1.29, 1.82) is 0 Å². The van der Waals surface area contributed by atoms with Crippen LogP contribution in [0.25, 0.3) is 0 Å². The van der Waals surface area contributed by atoms with Gasteiger partial charge in [-0.1, -0.05) is 50.0 Å². The number of nitrogens with one attached hydrogen (secondary N) is 1. The minimum absolute atomic E-state index is 0.0591. The summed E-state index contributed by atoms with van der Waals surface area (Å²) in [6.07, 6.45) is 1.15. The highest BCUT2D eigenvalue weighted by atomic mass is 35.5. The molecule has 0 bridgehead atoms. The lowest BCUT2D eigenvalue weighted by Gasteiger charge is -2.40. The fourth-order valence-electron chi connectivity index (χ4n) is 3.92. The van der Waals surface area contributed by atoms with Crippen molar-refractivity contribution in [3.63, 3.8) is 0 Å². The van der Waals surface area contributed by atoms with Gasteiger partial charge in [0.1, 0.15) is 0 Å². The van der Waals surface area contributed by atoms with Crippen LogP contribution in [0.1, 0.15) is 36.7 Å². The molecule has 1 aliphatic rings. The quantitative estimate of drug-likeness (QED) is 0.581. The fraction of sp³-hybridized carbons (Fsp3) is 0.480. The van der Waals surface area contributed by atoms with Gasteiger partial charge in [0.2, 0.25) is 0 Å². The number of nitrogens with zero attached hydrogens (tertiary/aromatic N) is 2. The summed E-state index contributed by atoms with van der Waals surface area (Å²) in [6.45, 7) is 11.6. The van der Waals surface area contributed by atoms with Gasteiger partial charge in [-0.2, -0.15) is 0 Å². The molecule has 1 unspecified atom stereocenters. The predicted molar refractivity (Wildman–Crippen MR) is 138 cm³/mol. The van der Waals surface area contributed by atoms with Crippen LogP contribution in [0.5, 0.6) is 0 Å². The number of hydrogen-bond acceptors (Lipinski definition) is 5. The Balaban J connectivity index is 1.57. The van der Waals surface area contributed by atoms with Gasteiger partial charge in [-0.15, -0.1) is 0 Å². The Morgan fingerprint density at radius 3 is 2.09 bits per heavy atom. The van der Waals surface area contributed by atoms with E-state index in [4.69, 9.17) is 23.2 Å². The maximum Gasteiger partial charge on any atom is 0.251 e. The summed E-state index contributed by atoms with van der Waals surface area (Å²) in [5.74, 6) is -0.196. The second-order valence-corrected chi connectivity index (χ2v) is 12.8. The summed E-state index contributed by atoms with van der Waals surface area (Å²) >= 11 is 12.2. The lowest BCUT2D eigenvalue weighted by Crippen LogP contribution is -2.54. The molecule has 1 aliphatic heterocycles. The standard InChI is InChI=1S/C25H33Cl2N3O3S/c1-25(2,3)23(28-24(31)19-6-8-20(9-7-19)34(4,32)33)17-30-13-11-29(12-14-30)16-18-5-10-21(26)22(27)15-18/h5-10,15,23H,11-14,16-17H2,1-4H3,(H,28,31). The number of sulfone groups is 1. The minimum atomic E-state index is -3.29. The second-order valence-electron chi connectivity index (χ2n) is 10.0. The third-order valence-electron chi connectivity index (χ3n) is 6.19. The van der Waals surface area contributed by atoms with E-state index in [1.54, 1.807) is 12.1 Å². The smallest absolute Gasteiger partial charge is 0.251 e. The first kappa shape index (κ1) is 27.0. The van der Waals surface area contributed by atoms with Crippen LogP contribution in [0.2, 0.25) is 10.0 Å². The first-order valence-electron chi connectivity index (χ1n) is 11.3. The zero-order chi connectivity index (χ0) is 25.1. The van der Waals surface area contributed by atoms with E-state index in [0.29, 0.717) is 15.6 Å². The van der Waals surface area contributed by atoms with Crippen LogP contribution >= 0.6 is 23.2 Å². The van der Waals surface area contributed by atoms with Crippen LogP contribution in [0.15, 0.2) is 47.4 Å². The highest BCUT2D eigenvalue weighted by Crippen LogP contribution is 2.24. The third-order valence-corrected chi connectivity index (χ3v) is 8.06. The van der Waals surface area contributed by atoms with Gasteiger partial charge in [-0.05, 0) is 47.4 Å². The van der Waals surface area contributed by atoms with Crippen molar-refractivity contribution in [3.8, 4) is 0 Å². The largest absolute Gasteiger partial charge is 0.347 e. The van der Waals surface area contributed by atoms with Crippen molar-refractivity contribution in [1.82, 2.24) is 15.1 Å². The first-order chi connectivity index (χ1) is 15.8. The van der Waals surface area contributed by atoms with Crippen LogP contribution in [0.3, 0.4) is 0 Å². The Morgan fingerprint density at radius 1 is 0.971 bits per heavy atom.